The maximum atomic E-state index is 14.2. The summed E-state index contributed by atoms with van der Waals surface area (Å²) >= 11 is 0. The number of rotatable bonds is 8. The number of nitrogens with one attached hydrogen (secondary N) is 1. The van der Waals surface area contributed by atoms with Gasteiger partial charge in [-0.1, -0.05) is 12.1 Å². The first-order valence-electron chi connectivity index (χ1n) is 9.57. The molecule has 33 heavy (non-hydrogen) atoms. The monoisotopic (exact) mass is 488 g/mol. The smallest absolute Gasteiger partial charge is 0.387 e. The summed E-state index contributed by atoms with van der Waals surface area (Å²) in [5.74, 6) is -3.28. The van der Waals surface area contributed by atoms with E-state index < -0.39 is 45.8 Å². The lowest BCUT2D eigenvalue weighted by Gasteiger charge is -2.26. The molecule has 3 rings (SSSR count). The number of nitrogens with zero attached hydrogens (tertiary/aromatic N) is 1. The molecule has 1 N–H and O–H groups in total. The van der Waals surface area contributed by atoms with Crippen molar-refractivity contribution in [3.8, 4) is 5.75 Å². The van der Waals surface area contributed by atoms with Crippen molar-refractivity contribution >= 4 is 27.6 Å². The SMILES string of the molecule is O=C(COC(=O)c1ccc(F)c(S(=O)(=O)N2CCOCC2)c1)Nc1ccccc1OC(F)F. The van der Waals surface area contributed by atoms with Crippen LogP contribution in [0.5, 0.6) is 5.75 Å². The normalized spacial score (nSPS) is 14.7. The first-order chi connectivity index (χ1) is 15.7. The van der Waals surface area contributed by atoms with E-state index in [4.69, 9.17) is 9.47 Å². The number of hydrogen-bond donors (Lipinski definition) is 1. The maximum Gasteiger partial charge on any atom is 0.387 e. The largest absolute Gasteiger partial charge is 0.452 e. The van der Waals surface area contributed by atoms with Gasteiger partial charge in [-0.15, -0.1) is 0 Å². The van der Waals surface area contributed by atoms with E-state index in [0.29, 0.717) is 0 Å². The highest BCUT2D eigenvalue weighted by Gasteiger charge is 2.30. The van der Waals surface area contributed by atoms with Gasteiger partial charge >= 0.3 is 12.6 Å². The standard InChI is InChI=1S/C20H19F3N2O7S/c21-14-6-5-13(11-17(14)33(28,29)25-7-9-30-10-8-25)19(27)31-12-18(26)24-15-3-1-2-4-16(15)32-20(22)23/h1-6,11,20H,7-10,12H2,(H,24,26). The van der Waals surface area contributed by atoms with Crippen LogP contribution < -0.4 is 10.1 Å². The van der Waals surface area contributed by atoms with Gasteiger partial charge in [0.05, 0.1) is 24.5 Å². The van der Waals surface area contributed by atoms with Crippen molar-refractivity contribution in [2.45, 2.75) is 11.5 Å². The highest BCUT2D eigenvalue weighted by molar-refractivity contribution is 7.89. The van der Waals surface area contributed by atoms with Crippen LogP contribution in [0.1, 0.15) is 10.4 Å². The fourth-order valence-corrected chi connectivity index (χ4v) is 4.42. The number of para-hydroxylation sites is 2. The van der Waals surface area contributed by atoms with Crippen LogP contribution in [0.4, 0.5) is 18.9 Å². The zero-order valence-corrected chi connectivity index (χ0v) is 17.8. The lowest BCUT2D eigenvalue weighted by molar-refractivity contribution is -0.119. The van der Waals surface area contributed by atoms with Crippen LogP contribution in [-0.2, 0) is 24.3 Å². The zero-order chi connectivity index (χ0) is 24.0. The number of ether oxygens (including phenoxy) is 3. The molecule has 2 aromatic rings. The Morgan fingerprint density at radius 1 is 1.12 bits per heavy atom. The molecule has 1 aliphatic rings. The van der Waals surface area contributed by atoms with Gasteiger partial charge in [-0.2, -0.15) is 13.1 Å². The minimum atomic E-state index is -4.22. The van der Waals surface area contributed by atoms with Gasteiger partial charge in [0.1, 0.15) is 16.5 Å². The molecule has 0 spiro atoms. The number of carbonyl (C=O) groups is 2. The van der Waals surface area contributed by atoms with Crippen LogP contribution in [-0.4, -0.2) is 64.1 Å². The van der Waals surface area contributed by atoms with Gasteiger partial charge in [-0.25, -0.2) is 17.6 Å². The molecule has 13 heteroatoms. The van der Waals surface area contributed by atoms with Crippen LogP contribution in [0.25, 0.3) is 0 Å². The number of anilines is 1. The summed E-state index contributed by atoms with van der Waals surface area (Å²) in [5.41, 5.74) is -0.364. The van der Waals surface area contributed by atoms with E-state index in [2.05, 4.69) is 10.1 Å². The van der Waals surface area contributed by atoms with Crippen molar-refractivity contribution in [1.29, 1.82) is 0 Å². The van der Waals surface area contributed by atoms with Crippen LogP contribution >= 0.6 is 0 Å². The van der Waals surface area contributed by atoms with Gasteiger partial charge in [0, 0.05) is 13.1 Å². The zero-order valence-electron chi connectivity index (χ0n) is 17.0. The number of morpholine rings is 1. The van der Waals surface area contributed by atoms with E-state index in [1.807, 2.05) is 0 Å². The topological polar surface area (TPSA) is 111 Å². The fraction of sp³-hybridized carbons (Fsp3) is 0.300. The lowest BCUT2D eigenvalue weighted by Crippen LogP contribution is -2.41. The number of esters is 1. The van der Waals surface area contributed by atoms with Crippen molar-refractivity contribution in [3.63, 3.8) is 0 Å². The minimum Gasteiger partial charge on any atom is -0.452 e. The molecule has 0 atom stereocenters. The molecule has 1 saturated heterocycles. The Balaban J connectivity index is 1.66. The fourth-order valence-electron chi connectivity index (χ4n) is 2.92. The second-order valence-corrected chi connectivity index (χ2v) is 8.57. The van der Waals surface area contributed by atoms with E-state index in [0.717, 1.165) is 22.5 Å². The molecule has 1 amide bonds. The number of alkyl halides is 2. The summed E-state index contributed by atoms with van der Waals surface area (Å²) in [4.78, 5) is 23.7. The first kappa shape index (κ1) is 24.5. The van der Waals surface area contributed by atoms with E-state index in [9.17, 15) is 31.2 Å². The Hall–Kier alpha value is -3.16. The Bertz CT molecular complexity index is 1120. The van der Waals surface area contributed by atoms with E-state index >= 15 is 0 Å². The molecule has 178 valence electrons. The van der Waals surface area contributed by atoms with Gasteiger partial charge in [0.25, 0.3) is 5.91 Å². The Morgan fingerprint density at radius 2 is 1.82 bits per heavy atom. The highest BCUT2D eigenvalue weighted by Crippen LogP contribution is 2.25. The van der Waals surface area contributed by atoms with Crippen molar-refractivity contribution in [2.75, 3.05) is 38.2 Å². The third-order valence-electron chi connectivity index (χ3n) is 4.47. The molecular formula is C20H19F3N2O7S. The molecule has 1 heterocycles. The van der Waals surface area contributed by atoms with Crippen molar-refractivity contribution in [3.05, 3.63) is 53.8 Å². The summed E-state index contributed by atoms with van der Waals surface area (Å²) in [7, 11) is -4.22. The second kappa shape index (κ2) is 10.6. The molecule has 0 bridgehead atoms. The summed E-state index contributed by atoms with van der Waals surface area (Å²) in [6, 6.07) is 8.05. The average Bonchev–Trinajstić information content (AvgIpc) is 2.79. The van der Waals surface area contributed by atoms with Gasteiger partial charge in [0.2, 0.25) is 10.0 Å². The predicted molar refractivity (Wildman–Crippen MR) is 108 cm³/mol. The second-order valence-electron chi connectivity index (χ2n) is 6.66. The van der Waals surface area contributed by atoms with Crippen molar-refractivity contribution in [2.24, 2.45) is 0 Å². The summed E-state index contributed by atoms with van der Waals surface area (Å²) in [6.07, 6.45) is 0. The van der Waals surface area contributed by atoms with Gasteiger partial charge in [-0.05, 0) is 30.3 Å². The van der Waals surface area contributed by atoms with Crippen LogP contribution in [0.2, 0.25) is 0 Å². The molecule has 2 aromatic carbocycles. The Labute approximate surface area is 187 Å². The molecule has 1 fully saturated rings. The number of hydrogen-bond acceptors (Lipinski definition) is 7. The van der Waals surface area contributed by atoms with Crippen LogP contribution in [0.15, 0.2) is 47.4 Å². The Morgan fingerprint density at radius 3 is 2.52 bits per heavy atom. The molecule has 0 aliphatic carbocycles. The van der Waals surface area contributed by atoms with Crippen molar-refractivity contribution in [1.82, 2.24) is 4.31 Å². The highest BCUT2D eigenvalue weighted by atomic mass is 32.2. The van der Waals surface area contributed by atoms with E-state index in [1.54, 1.807) is 0 Å². The number of sulfonamides is 1. The molecule has 0 saturated carbocycles. The van der Waals surface area contributed by atoms with Crippen LogP contribution in [0.3, 0.4) is 0 Å². The number of carbonyl (C=O) groups excluding carboxylic acids is 2. The van der Waals surface area contributed by atoms with Crippen LogP contribution in [0, 0.1) is 5.82 Å². The molecule has 0 aromatic heterocycles. The maximum absolute atomic E-state index is 14.2. The molecular weight excluding hydrogens is 469 g/mol. The molecule has 0 unspecified atom stereocenters. The average molecular weight is 488 g/mol. The third-order valence-corrected chi connectivity index (χ3v) is 6.38. The molecule has 1 aliphatic heterocycles. The number of halogens is 3. The Kier molecular flexibility index (Phi) is 7.89. The quantitative estimate of drug-likeness (QED) is 0.568. The molecule has 0 radical (unpaired) electrons. The number of amides is 1. The predicted octanol–water partition coefficient (Wildman–Crippen LogP) is 2.24. The van der Waals surface area contributed by atoms with E-state index in [-0.39, 0.29) is 43.3 Å². The first-order valence-corrected chi connectivity index (χ1v) is 11.0. The third kappa shape index (κ3) is 6.21. The van der Waals surface area contributed by atoms with Crippen molar-refractivity contribution < 1.29 is 45.4 Å². The minimum absolute atomic E-state index is 0.0351. The number of benzene rings is 2. The summed E-state index contributed by atoms with van der Waals surface area (Å²) < 4.78 is 79.8. The van der Waals surface area contributed by atoms with Gasteiger partial charge in [-0.3, -0.25) is 4.79 Å². The molecule has 9 nitrogen and oxygen atoms in total. The van der Waals surface area contributed by atoms with Gasteiger partial charge in [0.15, 0.2) is 6.61 Å². The summed E-state index contributed by atoms with van der Waals surface area (Å²) in [5, 5.41) is 2.26. The van der Waals surface area contributed by atoms with Gasteiger partial charge < -0.3 is 19.5 Å². The lowest BCUT2D eigenvalue weighted by atomic mass is 10.2. The summed E-state index contributed by atoms with van der Waals surface area (Å²) in [6.45, 7) is -3.54. The van der Waals surface area contributed by atoms with E-state index in [1.165, 1.54) is 24.3 Å².